The summed E-state index contributed by atoms with van der Waals surface area (Å²) in [6.07, 6.45) is 4.08. The first-order chi connectivity index (χ1) is 9.32. The number of hydrogen-bond donors (Lipinski definition) is 0. The van der Waals surface area contributed by atoms with Gasteiger partial charge >= 0.3 is 0 Å². The fourth-order valence-electron chi connectivity index (χ4n) is 5.23. The number of hydrogen-bond acceptors (Lipinski definition) is 6. The van der Waals surface area contributed by atoms with Crippen molar-refractivity contribution in [1.29, 1.82) is 0 Å². The summed E-state index contributed by atoms with van der Waals surface area (Å²) in [4.78, 5) is 31.2. The molecule has 4 saturated carbocycles. The molecule has 4 bridgehead atoms. The summed E-state index contributed by atoms with van der Waals surface area (Å²) in [5.74, 6) is 0.711. The van der Waals surface area contributed by atoms with Gasteiger partial charge in [0.25, 0.3) is 10.2 Å². The van der Waals surface area contributed by atoms with E-state index in [4.69, 9.17) is 9.68 Å². The second kappa shape index (κ2) is 4.20. The third kappa shape index (κ3) is 2.06. The van der Waals surface area contributed by atoms with Crippen LogP contribution in [0.5, 0.6) is 0 Å². The Labute approximate surface area is 115 Å². The first-order valence-corrected chi connectivity index (χ1v) is 6.97. The maximum atomic E-state index is 10.8. The van der Waals surface area contributed by atoms with E-state index >= 15 is 0 Å². The van der Waals surface area contributed by atoms with E-state index in [0.29, 0.717) is 31.1 Å². The molecule has 4 rings (SSSR count). The van der Waals surface area contributed by atoms with Crippen molar-refractivity contribution in [3.8, 4) is 0 Å². The first kappa shape index (κ1) is 13.4. The SMILES string of the molecule is CC(O[N+](=O)[O-])C12CC3CC(CC(O[N+](=O)[O-])(C3)C1)C2. The Kier molecular flexibility index (Phi) is 2.81. The molecule has 0 aromatic carbocycles. The van der Waals surface area contributed by atoms with Crippen LogP contribution in [0.2, 0.25) is 0 Å². The van der Waals surface area contributed by atoms with Crippen LogP contribution in [0.4, 0.5) is 0 Å². The van der Waals surface area contributed by atoms with Crippen molar-refractivity contribution in [3.63, 3.8) is 0 Å². The van der Waals surface area contributed by atoms with Crippen LogP contribution in [0.3, 0.4) is 0 Å². The lowest BCUT2D eigenvalue weighted by Gasteiger charge is -2.61. The lowest BCUT2D eigenvalue weighted by Crippen LogP contribution is -2.60. The zero-order chi connectivity index (χ0) is 14.5. The summed E-state index contributed by atoms with van der Waals surface area (Å²) >= 11 is 0. The van der Waals surface area contributed by atoms with Gasteiger partial charge in [-0.1, -0.05) is 0 Å². The van der Waals surface area contributed by atoms with Crippen molar-refractivity contribution in [3.05, 3.63) is 20.2 Å². The van der Waals surface area contributed by atoms with Gasteiger partial charge in [-0.3, -0.25) is 0 Å². The molecule has 0 amide bonds. The van der Waals surface area contributed by atoms with Gasteiger partial charge < -0.3 is 9.68 Å². The van der Waals surface area contributed by atoms with Gasteiger partial charge in [0.1, 0.15) is 11.7 Å². The molecular weight excluding hydrogens is 268 g/mol. The van der Waals surface area contributed by atoms with Crippen LogP contribution in [-0.4, -0.2) is 21.9 Å². The Morgan fingerprint density at radius 2 is 1.70 bits per heavy atom. The summed E-state index contributed by atoms with van der Waals surface area (Å²) < 4.78 is 0. The average Bonchev–Trinajstić information content (AvgIpc) is 2.23. The quantitative estimate of drug-likeness (QED) is 0.566. The first-order valence-electron chi connectivity index (χ1n) is 6.97. The summed E-state index contributed by atoms with van der Waals surface area (Å²) in [5, 5.41) is 19.9. The number of nitrogens with zero attached hydrogens (tertiary/aromatic N) is 2. The Hall–Kier alpha value is -1.60. The molecule has 0 heterocycles. The van der Waals surface area contributed by atoms with E-state index in [-0.39, 0.29) is 5.41 Å². The van der Waals surface area contributed by atoms with Gasteiger partial charge in [0.15, 0.2) is 0 Å². The van der Waals surface area contributed by atoms with Crippen LogP contribution in [0.1, 0.15) is 45.4 Å². The van der Waals surface area contributed by atoms with Gasteiger partial charge in [0, 0.05) is 0 Å². The zero-order valence-corrected chi connectivity index (χ0v) is 11.3. The van der Waals surface area contributed by atoms with Crippen molar-refractivity contribution in [2.75, 3.05) is 0 Å². The summed E-state index contributed by atoms with van der Waals surface area (Å²) in [6.45, 7) is 1.70. The molecule has 8 nitrogen and oxygen atoms in total. The molecule has 0 saturated heterocycles. The molecular formula is C12H18N2O6. The molecule has 0 aromatic rings. The standard InChI is InChI=1S/C12H18N2O6/c1-8(19-13(15)16)11-3-9-2-10(4-11)6-12(5-9,7-11)20-14(17)18/h8-10H,2-7H2,1H3. The minimum Gasteiger partial charge on any atom is -0.310 e. The topological polar surface area (TPSA) is 105 Å². The molecule has 8 heteroatoms. The lowest BCUT2D eigenvalue weighted by atomic mass is 9.46. The summed E-state index contributed by atoms with van der Waals surface area (Å²) in [5.41, 5.74) is -1.10. The van der Waals surface area contributed by atoms with Crippen molar-refractivity contribution in [2.45, 2.75) is 57.2 Å². The Morgan fingerprint density at radius 1 is 1.10 bits per heavy atom. The maximum absolute atomic E-state index is 10.8. The second-order valence-corrected chi connectivity index (χ2v) is 6.79. The predicted octanol–water partition coefficient (Wildman–Crippen LogP) is 2.13. The fourth-order valence-corrected chi connectivity index (χ4v) is 5.23. The highest BCUT2D eigenvalue weighted by atomic mass is 17.0. The lowest BCUT2D eigenvalue weighted by molar-refractivity contribution is -0.789. The minimum atomic E-state index is -0.760. The average molecular weight is 286 g/mol. The van der Waals surface area contributed by atoms with Gasteiger partial charge in [-0.2, -0.15) is 0 Å². The van der Waals surface area contributed by atoms with Crippen LogP contribution >= 0.6 is 0 Å². The third-order valence-electron chi connectivity index (χ3n) is 5.43. The zero-order valence-electron chi connectivity index (χ0n) is 11.3. The van der Waals surface area contributed by atoms with Crippen molar-refractivity contribution in [1.82, 2.24) is 0 Å². The molecule has 0 spiro atoms. The van der Waals surface area contributed by atoms with Crippen LogP contribution in [0.15, 0.2) is 0 Å². The van der Waals surface area contributed by atoms with Gasteiger partial charge in [-0.25, -0.2) is 0 Å². The molecule has 20 heavy (non-hydrogen) atoms. The number of rotatable bonds is 5. The van der Waals surface area contributed by atoms with Crippen LogP contribution < -0.4 is 0 Å². The monoisotopic (exact) mass is 286 g/mol. The summed E-state index contributed by atoms with van der Waals surface area (Å²) in [6, 6.07) is 0. The molecule has 112 valence electrons. The highest BCUT2D eigenvalue weighted by molar-refractivity contribution is 5.10. The van der Waals surface area contributed by atoms with Gasteiger partial charge in [0.05, 0.1) is 0 Å². The van der Waals surface area contributed by atoms with Crippen molar-refractivity contribution >= 4 is 0 Å². The third-order valence-corrected chi connectivity index (χ3v) is 5.43. The molecule has 3 atom stereocenters. The van der Waals surface area contributed by atoms with E-state index in [9.17, 15) is 20.2 Å². The predicted molar refractivity (Wildman–Crippen MR) is 65.5 cm³/mol. The van der Waals surface area contributed by atoms with Crippen molar-refractivity contribution in [2.24, 2.45) is 17.3 Å². The molecule has 4 fully saturated rings. The van der Waals surface area contributed by atoms with Crippen LogP contribution in [-0.2, 0) is 9.68 Å². The molecule has 3 unspecified atom stereocenters. The smallest absolute Gasteiger partial charge is 0.295 e. The van der Waals surface area contributed by atoms with Gasteiger partial charge in [-0.05, 0) is 62.7 Å². The van der Waals surface area contributed by atoms with Crippen LogP contribution in [0, 0.1) is 37.5 Å². The molecule has 0 aliphatic heterocycles. The van der Waals surface area contributed by atoms with Gasteiger partial charge in [-0.15, -0.1) is 20.2 Å². The highest BCUT2D eigenvalue weighted by Crippen LogP contribution is 2.64. The molecule has 0 radical (unpaired) electrons. The molecule has 0 N–H and O–H groups in total. The largest absolute Gasteiger partial charge is 0.310 e. The van der Waals surface area contributed by atoms with E-state index in [1.165, 1.54) is 0 Å². The van der Waals surface area contributed by atoms with E-state index < -0.39 is 21.9 Å². The second-order valence-electron chi connectivity index (χ2n) is 6.79. The van der Waals surface area contributed by atoms with Gasteiger partial charge in [0.2, 0.25) is 0 Å². The highest BCUT2D eigenvalue weighted by Gasteiger charge is 2.61. The fraction of sp³-hybridized carbons (Fsp3) is 1.00. The van der Waals surface area contributed by atoms with E-state index in [1.54, 1.807) is 6.92 Å². The van der Waals surface area contributed by atoms with E-state index in [2.05, 4.69) is 0 Å². The molecule has 4 aliphatic rings. The molecule has 4 aliphatic carbocycles. The minimum absolute atomic E-state index is 0.354. The molecule has 0 aromatic heterocycles. The Morgan fingerprint density at radius 3 is 2.20 bits per heavy atom. The Balaban J connectivity index is 1.86. The summed E-state index contributed by atoms with van der Waals surface area (Å²) in [7, 11) is 0. The maximum Gasteiger partial charge on any atom is 0.295 e. The normalized spacial score (nSPS) is 43.0. The van der Waals surface area contributed by atoms with Crippen molar-refractivity contribution < 1.29 is 19.8 Å². The Bertz CT molecular complexity index is 439. The van der Waals surface area contributed by atoms with E-state index in [0.717, 1.165) is 19.3 Å². The van der Waals surface area contributed by atoms with E-state index in [1.807, 2.05) is 0 Å². The van der Waals surface area contributed by atoms with Crippen LogP contribution in [0.25, 0.3) is 0 Å².